The molecule has 0 spiro atoms. The van der Waals surface area contributed by atoms with Crippen LogP contribution in [0.5, 0.6) is 0 Å². The summed E-state index contributed by atoms with van der Waals surface area (Å²) in [4.78, 5) is 24.0. The molecule has 1 amide bonds. The maximum atomic E-state index is 11.2. The summed E-state index contributed by atoms with van der Waals surface area (Å²) in [6.45, 7) is 0.364. The van der Waals surface area contributed by atoms with Crippen molar-refractivity contribution in [2.45, 2.75) is 38.6 Å². The van der Waals surface area contributed by atoms with Gasteiger partial charge in [-0.25, -0.2) is 15.0 Å². The number of anilines is 1. The normalized spacial score (nSPS) is 19.8. The van der Waals surface area contributed by atoms with E-state index in [0.717, 1.165) is 32.1 Å². The number of hydrogen-bond donors (Lipinski definition) is 2. The first-order valence-electron chi connectivity index (χ1n) is 8.28. The zero-order valence-electron chi connectivity index (χ0n) is 13.9. The van der Waals surface area contributed by atoms with Crippen LogP contribution in [-0.4, -0.2) is 25.4 Å². The van der Waals surface area contributed by atoms with E-state index in [2.05, 4.69) is 32.7 Å². The van der Waals surface area contributed by atoms with Gasteiger partial charge < -0.3 is 16.0 Å². The van der Waals surface area contributed by atoms with Crippen molar-refractivity contribution in [3.8, 4) is 24.2 Å². The van der Waals surface area contributed by atoms with E-state index in [4.69, 9.17) is 17.9 Å². The third kappa shape index (κ3) is 3.72. The van der Waals surface area contributed by atoms with Gasteiger partial charge in [0.2, 0.25) is 11.7 Å². The average molecular weight is 336 g/mol. The number of aromatic nitrogens is 4. The zero-order valence-corrected chi connectivity index (χ0v) is 13.9. The Morgan fingerprint density at radius 2 is 2.08 bits per heavy atom. The second-order valence-corrected chi connectivity index (χ2v) is 6.31. The van der Waals surface area contributed by atoms with Gasteiger partial charge in [-0.2, -0.15) is 0 Å². The van der Waals surface area contributed by atoms with Crippen LogP contribution < -0.4 is 11.5 Å². The number of carbonyl (C=O) groups is 1. The third-order valence-corrected chi connectivity index (χ3v) is 4.59. The van der Waals surface area contributed by atoms with Crippen LogP contribution in [0.3, 0.4) is 0 Å². The van der Waals surface area contributed by atoms with E-state index >= 15 is 0 Å². The number of nitrogens with two attached hydrogens (primary N) is 2. The molecule has 0 radical (unpaired) electrons. The molecule has 3 rings (SSSR count). The fourth-order valence-corrected chi connectivity index (χ4v) is 3.16. The molecule has 7 heteroatoms. The molecule has 25 heavy (non-hydrogen) atoms. The number of primary amides is 1. The topological polar surface area (TPSA) is 113 Å². The molecule has 0 bridgehead atoms. The highest BCUT2D eigenvalue weighted by atomic mass is 16.1. The lowest BCUT2D eigenvalue weighted by atomic mass is 9.80. The highest BCUT2D eigenvalue weighted by molar-refractivity contribution is 5.82. The van der Waals surface area contributed by atoms with Gasteiger partial charge in [-0.15, -0.1) is 6.42 Å². The van der Waals surface area contributed by atoms with Crippen molar-refractivity contribution in [1.82, 2.24) is 19.5 Å². The number of nitrogens with zero attached hydrogens (tertiary/aromatic N) is 4. The molecule has 2 aromatic rings. The molecule has 128 valence electrons. The zero-order chi connectivity index (χ0) is 17.8. The van der Waals surface area contributed by atoms with Crippen molar-refractivity contribution in [3.63, 3.8) is 0 Å². The van der Waals surface area contributed by atoms with E-state index in [1.54, 1.807) is 10.9 Å². The third-order valence-electron chi connectivity index (χ3n) is 4.59. The van der Waals surface area contributed by atoms with Crippen LogP contribution in [0.1, 0.15) is 37.9 Å². The maximum Gasteiger partial charge on any atom is 0.220 e. The molecule has 4 N–H and O–H groups in total. The van der Waals surface area contributed by atoms with E-state index in [1.165, 1.54) is 0 Å². The first-order valence-corrected chi connectivity index (χ1v) is 8.28. The number of terminal acetylenes is 1. The first-order chi connectivity index (χ1) is 12.1. The summed E-state index contributed by atoms with van der Waals surface area (Å²) in [5, 5.41) is 0. The second-order valence-electron chi connectivity index (χ2n) is 6.31. The van der Waals surface area contributed by atoms with Gasteiger partial charge in [0.1, 0.15) is 5.52 Å². The lowest BCUT2D eigenvalue weighted by molar-refractivity contribution is -0.122. The highest BCUT2D eigenvalue weighted by Crippen LogP contribution is 2.30. The van der Waals surface area contributed by atoms with Crippen LogP contribution in [-0.2, 0) is 11.3 Å². The van der Waals surface area contributed by atoms with E-state index in [9.17, 15) is 4.79 Å². The van der Waals surface area contributed by atoms with Gasteiger partial charge in [-0.05, 0) is 37.5 Å². The van der Waals surface area contributed by atoms with Crippen LogP contribution in [0.15, 0.2) is 6.33 Å². The highest BCUT2D eigenvalue weighted by Gasteiger charge is 2.23. The quantitative estimate of drug-likeness (QED) is 0.814. The number of nitrogen functional groups attached to an aromatic ring is 1. The molecule has 1 aliphatic carbocycles. The second kappa shape index (κ2) is 7.23. The molecule has 0 aromatic carbocycles. The number of fused-ring (bicyclic) bond motifs is 1. The summed E-state index contributed by atoms with van der Waals surface area (Å²) in [5.41, 5.74) is 12.4. The van der Waals surface area contributed by atoms with Crippen molar-refractivity contribution in [3.05, 3.63) is 12.2 Å². The Labute approximate surface area is 146 Å². The number of amides is 1. The summed E-state index contributed by atoms with van der Waals surface area (Å²) < 4.78 is 1.74. The van der Waals surface area contributed by atoms with Crippen molar-refractivity contribution in [2.24, 2.45) is 17.6 Å². The van der Waals surface area contributed by atoms with E-state index in [1.807, 2.05) is 0 Å². The molecule has 2 aromatic heterocycles. The largest absolute Gasteiger partial charge is 0.382 e. The Bertz CT molecular complexity index is 890. The molecular formula is C18H20N6O. The Hall–Kier alpha value is -3.06. The summed E-state index contributed by atoms with van der Waals surface area (Å²) in [6, 6.07) is 0. The predicted molar refractivity (Wildman–Crippen MR) is 94.7 cm³/mol. The molecule has 7 nitrogen and oxygen atoms in total. The fraction of sp³-hybridized carbons (Fsp3) is 0.444. The molecule has 0 unspecified atom stereocenters. The van der Waals surface area contributed by atoms with Crippen LogP contribution >= 0.6 is 0 Å². The molecule has 1 saturated carbocycles. The minimum atomic E-state index is -0.190. The van der Waals surface area contributed by atoms with Gasteiger partial charge in [0.05, 0.1) is 12.9 Å². The Balaban J connectivity index is 1.70. The van der Waals surface area contributed by atoms with Crippen LogP contribution in [0.25, 0.3) is 11.2 Å². The van der Waals surface area contributed by atoms with E-state index in [0.29, 0.717) is 35.3 Å². The lowest BCUT2D eigenvalue weighted by Crippen LogP contribution is -2.27. The molecular weight excluding hydrogens is 316 g/mol. The summed E-state index contributed by atoms with van der Waals surface area (Å²) in [5.74, 6) is 9.65. The lowest BCUT2D eigenvalue weighted by Gasteiger charge is -2.25. The molecule has 1 fully saturated rings. The van der Waals surface area contributed by atoms with E-state index in [-0.39, 0.29) is 11.8 Å². The minimum absolute atomic E-state index is 0.0196. The van der Waals surface area contributed by atoms with Crippen molar-refractivity contribution in [1.29, 1.82) is 0 Å². The first kappa shape index (κ1) is 16.8. The molecule has 2 heterocycles. The van der Waals surface area contributed by atoms with Crippen LogP contribution in [0, 0.1) is 36.0 Å². The number of hydrogen-bond acceptors (Lipinski definition) is 5. The van der Waals surface area contributed by atoms with Crippen molar-refractivity contribution >= 4 is 22.9 Å². The predicted octanol–water partition coefficient (Wildman–Crippen LogP) is 1.07. The average Bonchev–Trinajstić information content (AvgIpc) is 2.99. The Morgan fingerprint density at radius 3 is 2.76 bits per heavy atom. The van der Waals surface area contributed by atoms with Gasteiger partial charge in [-0.1, -0.05) is 11.8 Å². The Morgan fingerprint density at radius 1 is 1.32 bits per heavy atom. The van der Waals surface area contributed by atoms with Crippen LogP contribution in [0.2, 0.25) is 0 Å². The Kier molecular flexibility index (Phi) is 4.85. The standard InChI is InChI=1S/C18H20N6O/c1-2-10-24-11-21-15-16(19)22-14(23-18(15)24)5-3-4-12-6-8-13(9-7-12)17(20)25/h1,11-13H,4,6-10H2,(H2,20,25)(H2,19,22,23). The molecule has 1 aliphatic rings. The van der Waals surface area contributed by atoms with Gasteiger partial charge in [0.25, 0.3) is 0 Å². The maximum absolute atomic E-state index is 11.2. The van der Waals surface area contributed by atoms with Gasteiger partial charge in [0.15, 0.2) is 11.5 Å². The smallest absolute Gasteiger partial charge is 0.220 e. The number of rotatable bonds is 3. The monoisotopic (exact) mass is 336 g/mol. The summed E-state index contributed by atoms with van der Waals surface area (Å²) in [6.07, 6.45) is 11.3. The molecule has 0 saturated heterocycles. The van der Waals surface area contributed by atoms with Gasteiger partial charge in [0, 0.05) is 12.3 Å². The fourth-order valence-electron chi connectivity index (χ4n) is 3.16. The van der Waals surface area contributed by atoms with Crippen molar-refractivity contribution < 1.29 is 4.79 Å². The van der Waals surface area contributed by atoms with Crippen LogP contribution in [0.4, 0.5) is 5.82 Å². The van der Waals surface area contributed by atoms with Gasteiger partial charge >= 0.3 is 0 Å². The van der Waals surface area contributed by atoms with Gasteiger partial charge in [-0.3, -0.25) is 4.79 Å². The minimum Gasteiger partial charge on any atom is -0.382 e. The molecule has 0 atom stereocenters. The van der Waals surface area contributed by atoms with Crippen molar-refractivity contribution in [2.75, 3.05) is 5.73 Å². The SMILES string of the molecule is C#CCn1cnc2c(N)nc(C#CCC3CCC(C(N)=O)CC3)nc21. The summed E-state index contributed by atoms with van der Waals surface area (Å²) >= 11 is 0. The van der Waals surface area contributed by atoms with E-state index < -0.39 is 0 Å². The summed E-state index contributed by atoms with van der Waals surface area (Å²) in [7, 11) is 0. The number of imidazole rings is 1. The molecule has 0 aliphatic heterocycles. The number of carbonyl (C=O) groups excluding carboxylic acids is 1.